The second kappa shape index (κ2) is 6.25. The smallest absolute Gasteiger partial charge is 0.0828 e. The Balaban J connectivity index is 0.00000133. The van der Waals surface area contributed by atoms with Gasteiger partial charge in [-0.15, -0.1) is 12.4 Å². The molecule has 1 heterocycles. The predicted molar refractivity (Wildman–Crippen MR) is 81.1 cm³/mol. The molecule has 0 bridgehead atoms. The van der Waals surface area contributed by atoms with Crippen LogP contribution in [0.25, 0.3) is 0 Å². The van der Waals surface area contributed by atoms with Gasteiger partial charge in [-0.2, -0.15) is 0 Å². The fourth-order valence-corrected chi connectivity index (χ4v) is 3.36. The third-order valence-corrected chi connectivity index (χ3v) is 4.50. The van der Waals surface area contributed by atoms with Crippen LogP contribution in [0, 0.1) is 0 Å². The molecule has 1 saturated heterocycles. The van der Waals surface area contributed by atoms with Crippen LogP contribution in [-0.4, -0.2) is 31.6 Å². The van der Waals surface area contributed by atoms with Gasteiger partial charge in [0.25, 0.3) is 0 Å². The van der Waals surface area contributed by atoms with E-state index in [0.717, 1.165) is 6.61 Å². The molecule has 0 saturated carbocycles. The number of rotatable bonds is 2. The van der Waals surface area contributed by atoms with Gasteiger partial charge >= 0.3 is 0 Å². The number of likely N-dealkylation sites (N-methyl/N-ethyl adjacent to an activating group) is 1. The van der Waals surface area contributed by atoms with Crippen molar-refractivity contribution in [3.05, 3.63) is 34.9 Å². The summed E-state index contributed by atoms with van der Waals surface area (Å²) >= 11 is 0. The Labute approximate surface area is 122 Å². The topological polar surface area (TPSA) is 12.5 Å². The number of nitrogens with zero attached hydrogens (tertiary/aromatic N) is 1. The van der Waals surface area contributed by atoms with Crippen molar-refractivity contribution in [3.63, 3.8) is 0 Å². The quantitative estimate of drug-likeness (QED) is 0.824. The third kappa shape index (κ3) is 2.96. The van der Waals surface area contributed by atoms with Crippen molar-refractivity contribution in [2.45, 2.75) is 44.2 Å². The Bertz CT molecular complexity index is 427. The molecule has 3 rings (SSSR count). The molecule has 1 aromatic rings. The van der Waals surface area contributed by atoms with Crippen molar-refractivity contribution in [1.29, 1.82) is 0 Å². The summed E-state index contributed by atoms with van der Waals surface area (Å²) < 4.78 is 5.89. The largest absolute Gasteiger partial charge is 0.374 e. The van der Waals surface area contributed by atoms with E-state index < -0.39 is 0 Å². The van der Waals surface area contributed by atoms with Crippen molar-refractivity contribution >= 4 is 12.4 Å². The van der Waals surface area contributed by atoms with Gasteiger partial charge in [0.1, 0.15) is 0 Å². The summed E-state index contributed by atoms with van der Waals surface area (Å²) in [6.45, 7) is 0.936. The zero-order chi connectivity index (χ0) is 12.5. The molecule has 1 aliphatic heterocycles. The number of halogens is 1. The van der Waals surface area contributed by atoms with Gasteiger partial charge in [0.15, 0.2) is 0 Å². The molecule has 106 valence electrons. The van der Waals surface area contributed by atoms with Crippen LogP contribution in [0.4, 0.5) is 0 Å². The zero-order valence-corrected chi connectivity index (χ0v) is 12.7. The number of aryl methyl sites for hydroxylation is 1. The Morgan fingerprint density at radius 1 is 1.21 bits per heavy atom. The molecule has 1 fully saturated rings. The highest BCUT2D eigenvalue weighted by molar-refractivity contribution is 5.85. The molecule has 0 unspecified atom stereocenters. The van der Waals surface area contributed by atoms with E-state index in [4.69, 9.17) is 4.74 Å². The summed E-state index contributed by atoms with van der Waals surface area (Å²) in [6.07, 6.45) is 6.47. The van der Waals surface area contributed by atoms with Gasteiger partial charge in [-0.1, -0.05) is 18.2 Å². The van der Waals surface area contributed by atoms with Crippen molar-refractivity contribution < 1.29 is 4.74 Å². The molecular weight excluding hydrogens is 258 g/mol. The van der Waals surface area contributed by atoms with Crippen molar-refractivity contribution in [3.8, 4) is 0 Å². The standard InChI is InChI=1S/C16H23NO.ClH/c1-17(2)13-9-8-12-5-3-6-14(15(12)11-13)16-7-4-10-18-16;/h3,5-6,13,16H,4,7-11H2,1-2H3;1H/t13-,16-;/m1./s1. The van der Waals surface area contributed by atoms with Gasteiger partial charge in [-0.25, -0.2) is 0 Å². The average molecular weight is 282 g/mol. The van der Waals surface area contributed by atoms with E-state index in [0.29, 0.717) is 12.1 Å². The molecule has 0 radical (unpaired) electrons. The van der Waals surface area contributed by atoms with E-state index in [1.54, 1.807) is 11.1 Å². The summed E-state index contributed by atoms with van der Waals surface area (Å²) in [6, 6.07) is 7.50. The fourth-order valence-electron chi connectivity index (χ4n) is 3.36. The lowest BCUT2D eigenvalue weighted by molar-refractivity contribution is 0.110. The lowest BCUT2D eigenvalue weighted by Gasteiger charge is -2.32. The van der Waals surface area contributed by atoms with Crippen LogP contribution < -0.4 is 0 Å². The van der Waals surface area contributed by atoms with Crippen LogP contribution in [0.15, 0.2) is 18.2 Å². The maximum absolute atomic E-state index is 5.89. The summed E-state index contributed by atoms with van der Waals surface area (Å²) in [7, 11) is 4.40. The maximum atomic E-state index is 5.89. The molecular formula is C16H24ClNO. The van der Waals surface area contributed by atoms with Crippen LogP contribution >= 0.6 is 12.4 Å². The van der Waals surface area contributed by atoms with Crippen molar-refractivity contribution in [1.82, 2.24) is 4.90 Å². The number of benzene rings is 1. The van der Waals surface area contributed by atoms with E-state index in [2.05, 4.69) is 37.2 Å². The zero-order valence-electron chi connectivity index (χ0n) is 11.9. The SMILES string of the molecule is CN(C)[C@@H]1CCc2cccc([C@H]3CCCO3)c2C1.Cl. The minimum Gasteiger partial charge on any atom is -0.374 e. The van der Waals surface area contributed by atoms with Crippen LogP contribution in [-0.2, 0) is 17.6 Å². The Morgan fingerprint density at radius 2 is 2.05 bits per heavy atom. The Kier molecular flexibility index (Phi) is 4.88. The van der Waals surface area contributed by atoms with E-state index in [9.17, 15) is 0 Å². The van der Waals surface area contributed by atoms with Gasteiger partial charge in [0.05, 0.1) is 6.10 Å². The molecule has 0 N–H and O–H groups in total. The maximum Gasteiger partial charge on any atom is 0.0828 e. The molecule has 2 aliphatic rings. The molecule has 0 amide bonds. The highest BCUT2D eigenvalue weighted by Crippen LogP contribution is 2.35. The first kappa shape index (κ1) is 14.8. The fraction of sp³-hybridized carbons (Fsp3) is 0.625. The lowest BCUT2D eigenvalue weighted by atomic mass is 9.83. The minimum atomic E-state index is 0. The van der Waals surface area contributed by atoms with E-state index in [1.165, 1.54) is 37.7 Å². The molecule has 19 heavy (non-hydrogen) atoms. The number of ether oxygens (including phenoxy) is 1. The number of fused-ring (bicyclic) bond motifs is 1. The average Bonchev–Trinajstić information content (AvgIpc) is 2.91. The number of hydrogen-bond donors (Lipinski definition) is 0. The molecule has 1 aliphatic carbocycles. The predicted octanol–water partition coefficient (Wildman–Crippen LogP) is 3.38. The highest BCUT2D eigenvalue weighted by Gasteiger charge is 2.26. The normalized spacial score (nSPS) is 26.1. The number of hydrogen-bond acceptors (Lipinski definition) is 2. The molecule has 0 spiro atoms. The summed E-state index contributed by atoms with van der Waals surface area (Å²) in [5.74, 6) is 0. The highest BCUT2D eigenvalue weighted by atomic mass is 35.5. The molecule has 2 nitrogen and oxygen atoms in total. The van der Waals surface area contributed by atoms with Crippen LogP contribution in [0.3, 0.4) is 0 Å². The van der Waals surface area contributed by atoms with Gasteiger partial charge in [0.2, 0.25) is 0 Å². The molecule has 2 atom stereocenters. The van der Waals surface area contributed by atoms with Gasteiger partial charge in [-0.05, 0) is 62.9 Å². The summed E-state index contributed by atoms with van der Waals surface area (Å²) in [5, 5.41) is 0. The van der Waals surface area contributed by atoms with E-state index in [-0.39, 0.29) is 12.4 Å². The molecule has 3 heteroatoms. The second-order valence-corrected chi connectivity index (χ2v) is 5.85. The first-order valence-corrected chi connectivity index (χ1v) is 7.14. The van der Waals surface area contributed by atoms with Crippen molar-refractivity contribution in [2.24, 2.45) is 0 Å². The van der Waals surface area contributed by atoms with Crippen molar-refractivity contribution in [2.75, 3.05) is 20.7 Å². The van der Waals surface area contributed by atoms with E-state index in [1.807, 2.05) is 0 Å². The Hall–Kier alpha value is -0.570. The van der Waals surface area contributed by atoms with Gasteiger partial charge in [0, 0.05) is 12.6 Å². The first-order chi connectivity index (χ1) is 8.75. The molecule has 0 aromatic heterocycles. The lowest BCUT2D eigenvalue weighted by Crippen LogP contribution is -2.34. The third-order valence-electron chi connectivity index (χ3n) is 4.50. The Morgan fingerprint density at radius 3 is 2.74 bits per heavy atom. The van der Waals surface area contributed by atoms with Crippen LogP contribution in [0.2, 0.25) is 0 Å². The monoisotopic (exact) mass is 281 g/mol. The van der Waals surface area contributed by atoms with Crippen LogP contribution in [0.1, 0.15) is 42.1 Å². The second-order valence-electron chi connectivity index (χ2n) is 5.85. The molecule has 1 aromatic carbocycles. The van der Waals surface area contributed by atoms with E-state index >= 15 is 0 Å². The summed E-state index contributed by atoms with van der Waals surface area (Å²) in [5.41, 5.74) is 4.60. The van der Waals surface area contributed by atoms with Gasteiger partial charge in [-0.3, -0.25) is 0 Å². The van der Waals surface area contributed by atoms with Gasteiger partial charge < -0.3 is 9.64 Å². The van der Waals surface area contributed by atoms with Crippen LogP contribution in [0.5, 0.6) is 0 Å². The minimum absolute atomic E-state index is 0. The summed E-state index contributed by atoms with van der Waals surface area (Å²) in [4.78, 5) is 2.37. The first-order valence-electron chi connectivity index (χ1n) is 7.14.